The normalized spacial score (nSPS) is 22.0. The molecule has 0 aromatic carbocycles. The molecular weight excluding hydrogens is 314 g/mol. The van der Waals surface area contributed by atoms with E-state index in [0.717, 1.165) is 44.0 Å². The Balaban J connectivity index is 1.62. The number of rotatable bonds is 5. The van der Waals surface area contributed by atoms with E-state index in [0.29, 0.717) is 5.69 Å². The van der Waals surface area contributed by atoms with Crippen LogP contribution >= 0.6 is 0 Å². The summed E-state index contributed by atoms with van der Waals surface area (Å²) < 4.78 is 24.6. The molecule has 1 atom stereocenters. The lowest BCUT2D eigenvalue weighted by Gasteiger charge is -2.32. The lowest BCUT2D eigenvalue weighted by atomic mass is 9.89. The van der Waals surface area contributed by atoms with Gasteiger partial charge in [-0.15, -0.1) is 0 Å². The number of sulfone groups is 1. The zero-order valence-electron chi connectivity index (χ0n) is 13.8. The van der Waals surface area contributed by atoms with Gasteiger partial charge in [0.25, 0.3) is 0 Å². The van der Waals surface area contributed by atoms with E-state index in [-0.39, 0.29) is 5.75 Å². The van der Waals surface area contributed by atoms with Crippen LogP contribution in [-0.2, 0) is 22.9 Å². The van der Waals surface area contributed by atoms with Gasteiger partial charge in [-0.25, -0.2) is 8.42 Å². The maximum atomic E-state index is 11.3. The van der Waals surface area contributed by atoms with Crippen LogP contribution in [0.15, 0.2) is 6.07 Å². The van der Waals surface area contributed by atoms with E-state index < -0.39 is 15.9 Å². The predicted molar refractivity (Wildman–Crippen MR) is 88.7 cm³/mol. The van der Waals surface area contributed by atoms with Crippen LogP contribution < -0.4 is 0 Å². The number of aliphatic hydroxyl groups excluding tert-OH is 1. The van der Waals surface area contributed by atoms with E-state index in [2.05, 4.69) is 10.00 Å². The number of hydrogen-bond acceptors (Lipinski definition) is 5. The number of fused-ring (bicyclic) bond motifs is 1. The van der Waals surface area contributed by atoms with Crippen molar-refractivity contribution in [3.8, 4) is 0 Å². The van der Waals surface area contributed by atoms with Crippen molar-refractivity contribution in [1.29, 1.82) is 0 Å². The first-order chi connectivity index (χ1) is 10.9. The molecule has 23 heavy (non-hydrogen) atoms. The van der Waals surface area contributed by atoms with E-state index in [9.17, 15) is 13.5 Å². The average molecular weight is 341 g/mol. The van der Waals surface area contributed by atoms with Crippen LogP contribution in [0.4, 0.5) is 0 Å². The van der Waals surface area contributed by atoms with Crippen molar-refractivity contribution < 1.29 is 13.5 Å². The number of hydrogen-bond donors (Lipinski definition) is 1. The van der Waals surface area contributed by atoms with Gasteiger partial charge in [0.15, 0.2) is 0 Å². The molecule has 1 fully saturated rings. The van der Waals surface area contributed by atoms with Crippen LogP contribution in [0, 0.1) is 5.92 Å². The second-order valence-electron chi connectivity index (χ2n) is 7.13. The molecule has 130 valence electrons. The van der Waals surface area contributed by atoms with E-state index in [1.54, 1.807) is 0 Å². The maximum absolute atomic E-state index is 11.3. The Morgan fingerprint density at radius 3 is 2.74 bits per heavy atom. The molecule has 7 heteroatoms. The summed E-state index contributed by atoms with van der Waals surface area (Å²) >= 11 is 0. The van der Waals surface area contributed by atoms with E-state index >= 15 is 0 Å². The first-order valence-electron chi connectivity index (χ1n) is 8.55. The van der Waals surface area contributed by atoms with Gasteiger partial charge in [-0.2, -0.15) is 5.10 Å². The highest BCUT2D eigenvalue weighted by Crippen LogP contribution is 2.26. The lowest BCUT2D eigenvalue weighted by molar-refractivity contribution is 0.162. The van der Waals surface area contributed by atoms with Gasteiger partial charge in [0.1, 0.15) is 15.9 Å². The van der Waals surface area contributed by atoms with Crippen molar-refractivity contribution in [1.82, 2.24) is 14.7 Å². The molecule has 0 spiro atoms. The highest BCUT2D eigenvalue weighted by molar-refractivity contribution is 7.90. The van der Waals surface area contributed by atoms with Gasteiger partial charge in [-0.05, 0) is 24.8 Å². The first-order valence-corrected chi connectivity index (χ1v) is 10.6. The van der Waals surface area contributed by atoms with Gasteiger partial charge >= 0.3 is 0 Å². The van der Waals surface area contributed by atoms with Crippen LogP contribution in [0.3, 0.4) is 0 Å². The fraction of sp³-hybridized carbons (Fsp3) is 0.812. The molecule has 1 saturated carbocycles. The molecule has 2 aliphatic rings. The predicted octanol–water partition coefficient (Wildman–Crippen LogP) is 1.36. The van der Waals surface area contributed by atoms with Gasteiger partial charge in [-0.3, -0.25) is 9.58 Å². The molecule has 0 unspecified atom stereocenters. The number of aromatic nitrogens is 2. The number of nitrogens with zero attached hydrogens (tertiary/aromatic N) is 3. The molecule has 0 radical (unpaired) electrons. The first kappa shape index (κ1) is 16.9. The smallest absolute Gasteiger partial charge is 0.150 e. The molecular formula is C16H27N3O3S. The highest BCUT2D eigenvalue weighted by Gasteiger charge is 2.25. The minimum Gasteiger partial charge on any atom is -0.386 e. The molecule has 2 heterocycles. The Morgan fingerprint density at radius 2 is 2.04 bits per heavy atom. The fourth-order valence-corrected chi connectivity index (χ4v) is 4.51. The molecule has 3 rings (SSSR count). The molecule has 1 aliphatic carbocycles. The molecule has 0 amide bonds. The summed E-state index contributed by atoms with van der Waals surface area (Å²) in [6.07, 6.45) is 6.89. The lowest BCUT2D eigenvalue weighted by Crippen LogP contribution is -2.37. The molecule has 0 saturated heterocycles. The molecule has 1 aromatic rings. The fourth-order valence-electron chi connectivity index (χ4n) is 3.77. The Hall–Kier alpha value is -0.920. The second kappa shape index (κ2) is 6.91. The topological polar surface area (TPSA) is 75.4 Å². The SMILES string of the molecule is CS(=O)(=O)C[C@@H](O)c1cc2n(n1)CCN(CC1CCCCC1)C2. The van der Waals surface area contributed by atoms with E-state index in [1.807, 2.05) is 10.7 Å². The van der Waals surface area contributed by atoms with E-state index in [4.69, 9.17) is 0 Å². The molecule has 1 aromatic heterocycles. The Morgan fingerprint density at radius 1 is 1.30 bits per heavy atom. The Kier molecular flexibility index (Phi) is 5.08. The van der Waals surface area contributed by atoms with Crippen molar-refractivity contribution in [2.24, 2.45) is 5.92 Å². The van der Waals surface area contributed by atoms with Crippen molar-refractivity contribution in [2.75, 3.05) is 25.1 Å². The summed E-state index contributed by atoms with van der Waals surface area (Å²) in [6.45, 7) is 3.78. The van der Waals surface area contributed by atoms with Gasteiger partial charge < -0.3 is 5.11 Å². The highest BCUT2D eigenvalue weighted by atomic mass is 32.2. The summed E-state index contributed by atoms with van der Waals surface area (Å²) in [5.74, 6) is 0.545. The summed E-state index contributed by atoms with van der Waals surface area (Å²) in [4.78, 5) is 2.47. The Bertz CT molecular complexity index is 635. The summed E-state index contributed by atoms with van der Waals surface area (Å²) in [7, 11) is -3.21. The van der Waals surface area contributed by atoms with Gasteiger partial charge in [0.05, 0.1) is 23.7 Å². The Labute approximate surface area is 138 Å². The zero-order valence-corrected chi connectivity index (χ0v) is 14.6. The maximum Gasteiger partial charge on any atom is 0.150 e. The third-order valence-electron chi connectivity index (χ3n) is 4.94. The van der Waals surface area contributed by atoms with Crippen LogP contribution in [0.5, 0.6) is 0 Å². The third-order valence-corrected chi connectivity index (χ3v) is 5.86. The average Bonchev–Trinajstić information content (AvgIpc) is 2.90. The number of aliphatic hydroxyl groups is 1. The summed E-state index contributed by atoms with van der Waals surface area (Å²) in [5.41, 5.74) is 1.56. The van der Waals surface area contributed by atoms with Crippen LogP contribution in [0.1, 0.15) is 49.6 Å². The minimum absolute atomic E-state index is 0.269. The molecule has 0 bridgehead atoms. The van der Waals surface area contributed by atoms with Gasteiger partial charge in [0, 0.05) is 25.9 Å². The van der Waals surface area contributed by atoms with Crippen LogP contribution in [0.2, 0.25) is 0 Å². The van der Waals surface area contributed by atoms with Gasteiger partial charge in [0.2, 0.25) is 0 Å². The third kappa shape index (κ3) is 4.55. The standard InChI is InChI=1S/C16H27N3O3S/c1-23(21,22)12-16(20)15-9-14-11-18(7-8-19(14)17-15)10-13-5-3-2-4-6-13/h9,13,16,20H,2-8,10-12H2,1H3/t16-/m1/s1. The van der Waals surface area contributed by atoms with E-state index in [1.165, 1.54) is 32.1 Å². The molecule has 1 N–H and O–H groups in total. The van der Waals surface area contributed by atoms with Gasteiger partial charge in [-0.1, -0.05) is 19.3 Å². The quantitative estimate of drug-likeness (QED) is 0.875. The zero-order chi connectivity index (χ0) is 16.4. The van der Waals surface area contributed by atoms with Crippen LogP contribution in [-0.4, -0.2) is 53.3 Å². The largest absolute Gasteiger partial charge is 0.386 e. The van der Waals surface area contributed by atoms with Crippen molar-refractivity contribution in [2.45, 2.75) is 51.3 Å². The molecule has 1 aliphatic heterocycles. The molecule has 6 nitrogen and oxygen atoms in total. The monoisotopic (exact) mass is 341 g/mol. The minimum atomic E-state index is -3.21. The van der Waals surface area contributed by atoms with Crippen molar-refractivity contribution in [3.63, 3.8) is 0 Å². The van der Waals surface area contributed by atoms with Crippen LogP contribution in [0.25, 0.3) is 0 Å². The second-order valence-corrected chi connectivity index (χ2v) is 9.32. The van der Waals surface area contributed by atoms with Crippen molar-refractivity contribution >= 4 is 9.84 Å². The van der Waals surface area contributed by atoms with Crippen molar-refractivity contribution in [3.05, 3.63) is 17.5 Å². The summed E-state index contributed by atoms with van der Waals surface area (Å²) in [6, 6.07) is 1.86. The summed E-state index contributed by atoms with van der Waals surface area (Å²) in [5, 5.41) is 14.5.